The van der Waals surface area contributed by atoms with E-state index in [2.05, 4.69) is 0 Å². The normalized spacial score (nSPS) is 15.4. The fourth-order valence-electron chi connectivity index (χ4n) is 3.09. The van der Waals surface area contributed by atoms with Gasteiger partial charge in [0.1, 0.15) is 17.6 Å². The van der Waals surface area contributed by atoms with Crippen LogP contribution in [0, 0.1) is 0 Å². The second kappa shape index (κ2) is 5.96. The van der Waals surface area contributed by atoms with Crippen LogP contribution in [0.15, 0.2) is 72.8 Å². The van der Waals surface area contributed by atoms with E-state index in [1.807, 2.05) is 54.6 Å². The molecule has 2 nitrogen and oxygen atoms in total. The smallest absolute Gasteiger partial charge is 0.387 e. The number of benzene rings is 3. The van der Waals surface area contributed by atoms with Crippen LogP contribution in [0.2, 0.25) is 0 Å². The van der Waals surface area contributed by atoms with Crippen LogP contribution in [0.4, 0.5) is 8.78 Å². The lowest BCUT2D eigenvalue weighted by molar-refractivity contribution is -0.0496. The molecule has 1 unspecified atom stereocenters. The fourth-order valence-corrected chi connectivity index (χ4v) is 3.09. The van der Waals surface area contributed by atoms with Crippen LogP contribution in [0.5, 0.6) is 11.5 Å². The molecule has 0 bridgehead atoms. The van der Waals surface area contributed by atoms with Gasteiger partial charge in [-0.1, -0.05) is 60.7 Å². The van der Waals surface area contributed by atoms with Gasteiger partial charge in [-0.05, 0) is 23.3 Å². The third kappa shape index (κ3) is 2.50. The molecule has 3 aromatic carbocycles. The number of hydrogen-bond acceptors (Lipinski definition) is 2. The number of fused-ring (bicyclic) bond motifs is 3. The molecule has 24 heavy (non-hydrogen) atoms. The van der Waals surface area contributed by atoms with Crippen LogP contribution in [0.1, 0.15) is 17.2 Å². The minimum atomic E-state index is -2.88. The van der Waals surface area contributed by atoms with E-state index in [0.717, 1.165) is 16.7 Å². The van der Waals surface area contributed by atoms with Crippen molar-refractivity contribution in [2.45, 2.75) is 12.7 Å². The monoisotopic (exact) mass is 324 g/mol. The molecule has 1 aliphatic rings. The van der Waals surface area contributed by atoms with E-state index in [1.165, 1.54) is 6.07 Å². The molecule has 1 atom stereocenters. The van der Waals surface area contributed by atoms with E-state index < -0.39 is 6.61 Å². The molecule has 0 saturated carbocycles. The Balaban J connectivity index is 1.89. The van der Waals surface area contributed by atoms with Crippen molar-refractivity contribution in [2.24, 2.45) is 0 Å². The molecular weight excluding hydrogens is 310 g/mol. The Kier molecular flexibility index (Phi) is 3.65. The van der Waals surface area contributed by atoms with Gasteiger partial charge in [0.2, 0.25) is 0 Å². The van der Waals surface area contributed by atoms with Crippen molar-refractivity contribution in [1.82, 2.24) is 0 Å². The Morgan fingerprint density at radius 3 is 2.38 bits per heavy atom. The first-order chi connectivity index (χ1) is 11.7. The maximum absolute atomic E-state index is 12.7. The molecule has 1 aliphatic heterocycles. The van der Waals surface area contributed by atoms with Gasteiger partial charge in [-0.25, -0.2) is 0 Å². The summed E-state index contributed by atoms with van der Waals surface area (Å²) in [5, 5.41) is 0. The Morgan fingerprint density at radius 1 is 0.833 bits per heavy atom. The summed E-state index contributed by atoms with van der Waals surface area (Å²) in [7, 11) is 0. The molecule has 0 amide bonds. The molecule has 0 aromatic heterocycles. The van der Waals surface area contributed by atoms with Gasteiger partial charge in [0.25, 0.3) is 0 Å². The highest BCUT2D eigenvalue weighted by Crippen LogP contribution is 2.48. The van der Waals surface area contributed by atoms with Gasteiger partial charge in [0.05, 0.1) is 5.56 Å². The van der Waals surface area contributed by atoms with Gasteiger partial charge in [0.15, 0.2) is 0 Å². The Hall–Kier alpha value is -2.88. The third-order valence-corrected chi connectivity index (χ3v) is 4.06. The van der Waals surface area contributed by atoms with Crippen molar-refractivity contribution >= 4 is 0 Å². The lowest BCUT2D eigenvalue weighted by Gasteiger charge is -2.30. The lowest BCUT2D eigenvalue weighted by atomic mass is 9.89. The van der Waals surface area contributed by atoms with Crippen molar-refractivity contribution in [3.05, 3.63) is 83.9 Å². The molecule has 3 aromatic rings. The first kappa shape index (κ1) is 14.7. The largest absolute Gasteiger partial charge is 0.480 e. The lowest BCUT2D eigenvalue weighted by Crippen LogP contribution is -2.16. The van der Waals surface area contributed by atoms with Crippen molar-refractivity contribution in [3.63, 3.8) is 0 Å². The van der Waals surface area contributed by atoms with E-state index in [9.17, 15) is 8.78 Å². The summed E-state index contributed by atoms with van der Waals surface area (Å²) >= 11 is 0. The summed E-state index contributed by atoms with van der Waals surface area (Å²) in [6.07, 6.45) is -0.281. The molecule has 4 rings (SSSR count). The van der Waals surface area contributed by atoms with Gasteiger partial charge in [-0.15, -0.1) is 0 Å². The number of hydrogen-bond donors (Lipinski definition) is 0. The van der Waals surface area contributed by atoms with E-state index in [0.29, 0.717) is 11.3 Å². The molecule has 0 spiro atoms. The number of rotatable bonds is 3. The number of ether oxygens (including phenoxy) is 2. The first-order valence-corrected chi connectivity index (χ1v) is 7.63. The number of alkyl halides is 2. The van der Waals surface area contributed by atoms with Gasteiger partial charge in [-0.2, -0.15) is 8.78 Å². The van der Waals surface area contributed by atoms with Gasteiger partial charge in [-0.3, -0.25) is 0 Å². The Bertz CT molecular complexity index is 863. The topological polar surface area (TPSA) is 18.5 Å². The number of halogens is 2. The minimum Gasteiger partial charge on any atom is -0.480 e. The van der Waals surface area contributed by atoms with Crippen LogP contribution in [-0.2, 0) is 0 Å². The van der Waals surface area contributed by atoms with Gasteiger partial charge < -0.3 is 9.47 Å². The van der Waals surface area contributed by atoms with Gasteiger partial charge in [0, 0.05) is 5.56 Å². The summed E-state index contributed by atoms with van der Waals surface area (Å²) < 4.78 is 36.3. The average Bonchev–Trinajstić information content (AvgIpc) is 2.61. The maximum atomic E-state index is 12.7. The second-order valence-electron chi connectivity index (χ2n) is 5.50. The SMILES string of the molecule is FC(F)Oc1cccc2c1-c1ccccc1C(c1ccccc1)O2. The summed E-state index contributed by atoms with van der Waals surface area (Å²) in [5.74, 6) is 0.669. The molecule has 0 saturated heterocycles. The predicted octanol–water partition coefficient (Wildman–Crippen LogP) is 5.44. The predicted molar refractivity (Wildman–Crippen MR) is 87.4 cm³/mol. The van der Waals surface area contributed by atoms with Crippen LogP contribution in [0.3, 0.4) is 0 Å². The van der Waals surface area contributed by atoms with Crippen molar-refractivity contribution < 1.29 is 18.3 Å². The van der Waals surface area contributed by atoms with E-state index in [1.54, 1.807) is 12.1 Å². The van der Waals surface area contributed by atoms with E-state index in [-0.39, 0.29) is 11.9 Å². The standard InChI is InChI=1S/C20H14F2O2/c21-20(22)24-17-12-6-11-16-18(17)14-9-4-5-10-15(14)19(23-16)13-7-2-1-3-8-13/h1-12,19-20H. The molecule has 0 radical (unpaired) electrons. The third-order valence-electron chi connectivity index (χ3n) is 4.06. The van der Waals surface area contributed by atoms with Crippen molar-refractivity contribution in [3.8, 4) is 22.6 Å². The zero-order valence-electron chi connectivity index (χ0n) is 12.7. The highest BCUT2D eigenvalue weighted by atomic mass is 19.3. The molecule has 4 heteroatoms. The van der Waals surface area contributed by atoms with Crippen LogP contribution in [-0.4, -0.2) is 6.61 Å². The summed E-state index contributed by atoms with van der Waals surface area (Å²) in [6, 6.07) is 22.5. The van der Waals surface area contributed by atoms with Crippen LogP contribution < -0.4 is 9.47 Å². The highest BCUT2D eigenvalue weighted by Gasteiger charge is 2.29. The summed E-state index contributed by atoms with van der Waals surface area (Å²) in [4.78, 5) is 0. The zero-order valence-corrected chi connectivity index (χ0v) is 12.7. The quantitative estimate of drug-likeness (QED) is 0.639. The maximum Gasteiger partial charge on any atom is 0.387 e. The highest BCUT2D eigenvalue weighted by molar-refractivity contribution is 5.81. The first-order valence-electron chi connectivity index (χ1n) is 7.63. The Labute approximate surface area is 138 Å². The zero-order chi connectivity index (χ0) is 16.5. The summed E-state index contributed by atoms with van der Waals surface area (Å²) in [6.45, 7) is -2.88. The van der Waals surface area contributed by atoms with E-state index >= 15 is 0 Å². The minimum absolute atomic E-state index is 0.126. The molecule has 0 fully saturated rings. The molecule has 0 aliphatic carbocycles. The summed E-state index contributed by atoms with van der Waals surface area (Å²) in [5.41, 5.74) is 3.36. The van der Waals surface area contributed by atoms with Gasteiger partial charge >= 0.3 is 6.61 Å². The average molecular weight is 324 g/mol. The molecule has 0 N–H and O–H groups in total. The van der Waals surface area contributed by atoms with Crippen molar-refractivity contribution in [2.75, 3.05) is 0 Å². The van der Waals surface area contributed by atoms with Crippen molar-refractivity contribution in [1.29, 1.82) is 0 Å². The Morgan fingerprint density at radius 2 is 1.58 bits per heavy atom. The van der Waals surface area contributed by atoms with E-state index in [4.69, 9.17) is 9.47 Å². The van der Waals surface area contributed by atoms with Crippen LogP contribution >= 0.6 is 0 Å². The second-order valence-corrected chi connectivity index (χ2v) is 5.50. The fraction of sp³-hybridized carbons (Fsp3) is 0.100. The molecular formula is C20H14F2O2. The molecule has 1 heterocycles. The molecule has 120 valence electrons. The van der Waals surface area contributed by atoms with Crippen LogP contribution in [0.25, 0.3) is 11.1 Å².